The van der Waals surface area contributed by atoms with Gasteiger partial charge < -0.3 is 0 Å². The molecule has 2 aliphatic carbocycles. The van der Waals surface area contributed by atoms with Gasteiger partial charge in [-0.25, -0.2) is 0 Å². The first-order chi connectivity index (χ1) is 35.5. The molecule has 74 heavy (non-hydrogen) atoms. The van der Waals surface area contributed by atoms with Crippen molar-refractivity contribution in [1.82, 2.24) is 0 Å². The normalized spacial score (nSPS) is 16.4. The number of rotatable bonds is 9. The molecule has 0 aromatic heterocycles. The van der Waals surface area contributed by atoms with Crippen LogP contribution in [-0.2, 0) is 15.6 Å². The summed E-state index contributed by atoms with van der Waals surface area (Å²) >= 11 is -5.69. The van der Waals surface area contributed by atoms with E-state index in [2.05, 4.69) is 261 Å². The molecule has 0 heterocycles. The van der Waals surface area contributed by atoms with E-state index in [4.69, 9.17) is 0 Å². The van der Waals surface area contributed by atoms with Crippen LogP contribution in [0.25, 0.3) is 99.7 Å². The van der Waals surface area contributed by atoms with Crippen LogP contribution in [0, 0.1) is 10.8 Å². The summed E-state index contributed by atoms with van der Waals surface area (Å²) < 4.78 is -0.323. The summed E-state index contributed by atoms with van der Waals surface area (Å²) in [6.45, 7) is 19.4. The fraction of sp³-hybridized carbons (Fsp3) is 0.200. The zero-order chi connectivity index (χ0) is 51.3. The van der Waals surface area contributed by atoms with Crippen LogP contribution < -0.4 is 0 Å². The molecular weight excluding hydrogens is 1030 g/mol. The minimum atomic E-state index is -5.69. The van der Waals surface area contributed by atoms with Gasteiger partial charge in [0, 0.05) is 0 Å². The van der Waals surface area contributed by atoms with Crippen molar-refractivity contribution in [1.29, 1.82) is 0 Å². The Hall–Kier alpha value is -5.60. The number of benzene rings is 10. The van der Waals surface area contributed by atoms with E-state index in [1.165, 1.54) is 121 Å². The standard InChI is InChI=1S/2C34H29.C2H7Si.2ClH.Zr/c2*1-34(2,3)22-23-20-32-30(28-16-8-12-24-10-4-6-14-26(24)28)18-19-31(33(32)21-23)29-17-9-13-25-11-5-7-15-27(25)29;1-3-2;;;/h2*4-21H,22H2,1-3H3;3H,1-2H3;2*1H;/q;;;;;+2/p-2. The molecule has 10 aromatic carbocycles. The van der Waals surface area contributed by atoms with Gasteiger partial charge in [-0.1, -0.05) is 0 Å². The summed E-state index contributed by atoms with van der Waals surface area (Å²) in [5.74, 6) is -2.08. The SMILES string of the molecule is C[SiH](C)[Zr]([Cl])([Cl])([CH]1C(CC(C)(C)C)=Cc2c(-c3cccc4ccccc34)ccc(-c3cccc4ccccc34)c21)[CH]1C(CC(C)(C)C)=Cc2c(-c3cccc4ccccc34)ccc(-c3cccc4ccccc34)c21. The van der Waals surface area contributed by atoms with Gasteiger partial charge in [0.15, 0.2) is 0 Å². The van der Waals surface area contributed by atoms with E-state index in [-0.39, 0.29) is 18.1 Å². The van der Waals surface area contributed by atoms with Crippen molar-refractivity contribution in [2.24, 2.45) is 10.8 Å². The second kappa shape index (κ2) is 18.3. The Morgan fingerprint density at radius 1 is 0.351 bits per heavy atom. The molecule has 0 fully saturated rings. The van der Waals surface area contributed by atoms with Crippen molar-refractivity contribution in [3.63, 3.8) is 0 Å². The van der Waals surface area contributed by atoms with Crippen LogP contribution in [0.1, 0.15) is 83.9 Å². The molecule has 12 rings (SSSR count). The number of hydrogen-bond acceptors (Lipinski definition) is 0. The average Bonchev–Trinajstić information content (AvgIpc) is 3.97. The van der Waals surface area contributed by atoms with E-state index in [1.54, 1.807) is 0 Å². The molecule has 0 spiro atoms. The molecule has 0 radical (unpaired) electrons. The van der Waals surface area contributed by atoms with Crippen LogP contribution in [-0.4, -0.2) is 5.92 Å². The molecule has 0 aliphatic heterocycles. The van der Waals surface area contributed by atoms with E-state index in [0.29, 0.717) is 0 Å². The van der Waals surface area contributed by atoms with Crippen molar-refractivity contribution >= 4 is 78.2 Å². The molecule has 0 N–H and O–H groups in total. The summed E-state index contributed by atoms with van der Waals surface area (Å²) in [5.41, 5.74) is 17.9. The third-order valence-corrected chi connectivity index (χ3v) is 68.3. The molecular formula is C70H65Cl2SiZr. The number of allylic oxidation sites excluding steroid dienone is 2. The van der Waals surface area contributed by atoms with Crippen LogP contribution in [0.4, 0.5) is 0 Å². The first kappa shape index (κ1) is 49.3. The Morgan fingerprint density at radius 3 is 0.919 bits per heavy atom. The van der Waals surface area contributed by atoms with Crippen LogP contribution >= 0.6 is 17.0 Å². The van der Waals surface area contributed by atoms with Gasteiger partial charge in [-0.15, -0.1) is 0 Å². The summed E-state index contributed by atoms with van der Waals surface area (Å²) in [6, 6.07) is 72.5. The summed E-state index contributed by atoms with van der Waals surface area (Å²) in [6.07, 6.45) is 6.97. The Kier molecular flexibility index (Phi) is 12.2. The quantitative estimate of drug-likeness (QED) is 0.126. The first-order valence-electron chi connectivity index (χ1n) is 26.7. The van der Waals surface area contributed by atoms with Crippen molar-refractivity contribution in [2.45, 2.75) is 74.7 Å². The van der Waals surface area contributed by atoms with Gasteiger partial charge in [0.2, 0.25) is 0 Å². The van der Waals surface area contributed by atoms with Crippen molar-refractivity contribution < 1.29 is 15.6 Å². The Labute approximate surface area is 447 Å². The summed E-state index contributed by atoms with van der Waals surface area (Å²) in [5, 5.41) is 9.94. The van der Waals surface area contributed by atoms with E-state index in [0.717, 1.165) is 12.8 Å². The molecule has 0 saturated carbocycles. The van der Waals surface area contributed by atoms with Crippen LogP contribution in [0.3, 0.4) is 0 Å². The van der Waals surface area contributed by atoms with Gasteiger partial charge in [-0.2, -0.15) is 0 Å². The van der Waals surface area contributed by atoms with Gasteiger partial charge in [-0.05, 0) is 0 Å². The minimum absolute atomic E-state index is 0.0476. The van der Waals surface area contributed by atoms with Gasteiger partial charge in [0.05, 0.1) is 0 Å². The summed E-state index contributed by atoms with van der Waals surface area (Å²) in [7, 11) is 19.5. The topological polar surface area (TPSA) is 0 Å². The molecule has 2 atom stereocenters. The van der Waals surface area contributed by atoms with E-state index in [1.807, 2.05) is 0 Å². The number of fused-ring (bicyclic) bond motifs is 6. The molecule has 367 valence electrons. The van der Waals surface area contributed by atoms with Crippen LogP contribution in [0.15, 0.2) is 205 Å². The molecule has 2 unspecified atom stereocenters. The predicted octanol–water partition coefficient (Wildman–Crippen LogP) is 21.4. The van der Waals surface area contributed by atoms with E-state index < -0.39 is 21.5 Å². The van der Waals surface area contributed by atoms with Crippen LogP contribution in [0.2, 0.25) is 13.1 Å². The second-order valence-corrected chi connectivity index (χ2v) is 66.7. The fourth-order valence-electron chi connectivity index (χ4n) is 13.5. The van der Waals surface area contributed by atoms with E-state index in [9.17, 15) is 17.0 Å². The predicted molar refractivity (Wildman–Crippen MR) is 325 cm³/mol. The molecule has 0 bridgehead atoms. The third kappa shape index (κ3) is 8.17. The van der Waals surface area contributed by atoms with Gasteiger partial charge >= 0.3 is 451 Å². The number of hydrogen-bond donors (Lipinski definition) is 0. The second-order valence-electron chi connectivity index (χ2n) is 24.2. The average molecular weight is 1100 g/mol. The van der Waals surface area contributed by atoms with Crippen molar-refractivity contribution in [3.8, 4) is 44.5 Å². The summed E-state index contributed by atoms with van der Waals surface area (Å²) in [4.78, 5) is 0. The molecule has 10 aromatic rings. The maximum atomic E-state index is 9.74. The Balaban J connectivity index is 1.23. The molecule has 0 saturated heterocycles. The molecule has 4 heteroatoms. The molecule has 0 nitrogen and oxygen atoms in total. The third-order valence-electron chi connectivity index (χ3n) is 16.5. The Morgan fingerprint density at radius 2 is 0.622 bits per heavy atom. The molecule has 0 amide bonds. The van der Waals surface area contributed by atoms with Crippen molar-refractivity contribution in [3.05, 3.63) is 228 Å². The maximum absolute atomic E-state index is 9.74. The first-order valence-corrected chi connectivity index (χ1v) is 43.0. The number of halogens is 2. The monoisotopic (exact) mass is 1090 g/mol. The van der Waals surface area contributed by atoms with Gasteiger partial charge in [-0.3, -0.25) is 0 Å². The van der Waals surface area contributed by atoms with Gasteiger partial charge in [0.1, 0.15) is 0 Å². The fourth-order valence-corrected chi connectivity index (χ4v) is 44.5. The zero-order valence-electron chi connectivity index (χ0n) is 44.0. The molecule has 2 aliphatic rings. The van der Waals surface area contributed by atoms with Gasteiger partial charge in [0.25, 0.3) is 0 Å². The van der Waals surface area contributed by atoms with Crippen molar-refractivity contribution in [2.75, 3.05) is 0 Å². The van der Waals surface area contributed by atoms with E-state index >= 15 is 0 Å². The van der Waals surface area contributed by atoms with Crippen LogP contribution in [0.5, 0.6) is 0 Å². The Bertz CT molecular complexity index is 3700. The zero-order valence-corrected chi connectivity index (χ0v) is 49.2.